The number of benzene rings is 2. The van der Waals surface area contributed by atoms with Gasteiger partial charge < -0.3 is 19.9 Å². The summed E-state index contributed by atoms with van der Waals surface area (Å²) in [5.74, 6) is 0.468. The fourth-order valence-corrected chi connectivity index (χ4v) is 3.92. The number of nitrogens with zero attached hydrogens (tertiary/aromatic N) is 2. The highest BCUT2D eigenvalue weighted by Crippen LogP contribution is 2.32. The lowest BCUT2D eigenvalue weighted by molar-refractivity contribution is -0.132. The molecule has 0 aromatic heterocycles. The van der Waals surface area contributed by atoms with Gasteiger partial charge in [-0.2, -0.15) is 0 Å². The first-order valence-corrected chi connectivity index (χ1v) is 8.91. The van der Waals surface area contributed by atoms with E-state index in [1.165, 1.54) is 0 Å². The van der Waals surface area contributed by atoms with Gasteiger partial charge >= 0.3 is 0 Å². The number of rotatable bonds is 4. The largest absolute Gasteiger partial charge is 0.496 e. The van der Waals surface area contributed by atoms with Crippen LogP contribution in [0.25, 0.3) is 10.8 Å². The molecule has 2 fully saturated rings. The molecule has 4 rings (SSSR count). The predicted octanol–water partition coefficient (Wildman–Crippen LogP) is 1.95. The van der Waals surface area contributed by atoms with Gasteiger partial charge in [-0.15, -0.1) is 0 Å². The number of fused-ring (bicyclic) bond motifs is 1. The Kier molecular flexibility index (Phi) is 4.28. The number of nitrogens with one attached hydrogen (secondary N) is 1. The molecule has 2 aliphatic heterocycles. The van der Waals surface area contributed by atoms with E-state index in [1.807, 2.05) is 48.3 Å². The van der Waals surface area contributed by atoms with Crippen LogP contribution in [0.15, 0.2) is 36.4 Å². The molecule has 1 N–H and O–H groups in total. The monoisotopic (exact) mass is 353 g/mol. The van der Waals surface area contributed by atoms with Crippen LogP contribution in [0.1, 0.15) is 6.42 Å². The molecule has 6 heteroatoms. The van der Waals surface area contributed by atoms with E-state index in [4.69, 9.17) is 4.74 Å². The number of hydrogen-bond donors (Lipinski definition) is 1. The number of likely N-dealkylation sites (N-methyl/N-ethyl adjacent to an activating group) is 1. The van der Waals surface area contributed by atoms with Crippen molar-refractivity contribution in [3.8, 4) is 5.75 Å². The third-order valence-corrected chi connectivity index (χ3v) is 5.38. The maximum absolute atomic E-state index is 12.8. The molecule has 26 heavy (non-hydrogen) atoms. The summed E-state index contributed by atoms with van der Waals surface area (Å²) in [6, 6.07) is 11.8. The van der Waals surface area contributed by atoms with E-state index in [9.17, 15) is 9.59 Å². The first kappa shape index (κ1) is 16.8. The van der Waals surface area contributed by atoms with Gasteiger partial charge in [0.15, 0.2) is 0 Å². The summed E-state index contributed by atoms with van der Waals surface area (Å²) in [5.41, 5.74) is 0.751. The van der Waals surface area contributed by atoms with Gasteiger partial charge in [0, 0.05) is 42.5 Å². The Bertz CT molecular complexity index is 861. The van der Waals surface area contributed by atoms with Gasteiger partial charge in [-0.3, -0.25) is 9.59 Å². The van der Waals surface area contributed by atoms with Crippen LogP contribution in [0.4, 0.5) is 5.69 Å². The zero-order chi connectivity index (χ0) is 18.3. The SMILES string of the molecule is COc1ccc(NC(=O)C2CC(=O)N(C3CN(C)C3)C2)c2ccccc12. The molecule has 0 spiro atoms. The average Bonchev–Trinajstić information content (AvgIpc) is 3.01. The zero-order valence-electron chi connectivity index (χ0n) is 15.1. The molecule has 1 atom stereocenters. The first-order chi connectivity index (χ1) is 12.6. The molecular weight excluding hydrogens is 330 g/mol. The van der Waals surface area contributed by atoms with Crippen molar-refractivity contribution in [2.45, 2.75) is 12.5 Å². The van der Waals surface area contributed by atoms with Crippen molar-refractivity contribution in [1.82, 2.24) is 9.80 Å². The molecule has 0 aliphatic carbocycles. The summed E-state index contributed by atoms with van der Waals surface area (Å²) in [7, 11) is 3.67. The van der Waals surface area contributed by atoms with E-state index in [0.29, 0.717) is 13.0 Å². The molecule has 2 heterocycles. The highest BCUT2D eigenvalue weighted by atomic mass is 16.5. The Morgan fingerprint density at radius 1 is 1.12 bits per heavy atom. The van der Waals surface area contributed by atoms with Crippen LogP contribution in [-0.4, -0.2) is 61.4 Å². The number of carbonyl (C=O) groups is 2. The lowest BCUT2D eigenvalue weighted by atomic mass is 10.1. The van der Waals surface area contributed by atoms with Crippen molar-refractivity contribution < 1.29 is 14.3 Å². The number of amides is 2. The second kappa shape index (κ2) is 6.61. The number of methoxy groups -OCH3 is 1. The average molecular weight is 353 g/mol. The molecular formula is C20H23N3O3. The number of anilines is 1. The lowest BCUT2D eigenvalue weighted by Gasteiger charge is -2.42. The molecule has 2 saturated heterocycles. The normalized spacial score (nSPS) is 21.1. The zero-order valence-corrected chi connectivity index (χ0v) is 15.1. The number of carbonyl (C=O) groups excluding carboxylic acids is 2. The van der Waals surface area contributed by atoms with E-state index in [1.54, 1.807) is 7.11 Å². The Morgan fingerprint density at radius 3 is 2.54 bits per heavy atom. The van der Waals surface area contributed by atoms with Crippen molar-refractivity contribution in [3.63, 3.8) is 0 Å². The molecule has 1 unspecified atom stereocenters. The van der Waals surface area contributed by atoms with Gasteiger partial charge in [-0.05, 0) is 19.2 Å². The van der Waals surface area contributed by atoms with Crippen molar-refractivity contribution in [1.29, 1.82) is 0 Å². The predicted molar refractivity (Wildman–Crippen MR) is 100 cm³/mol. The first-order valence-electron chi connectivity index (χ1n) is 8.91. The van der Waals surface area contributed by atoms with Crippen LogP contribution in [0.2, 0.25) is 0 Å². The van der Waals surface area contributed by atoms with Gasteiger partial charge in [0.25, 0.3) is 0 Å². The minimum absolute atomic E-state index is 0.0860. The molecule has 2 aliphatic rings. The van der Waals surface area contributed by atoms with Gasteiger partial charge in [-0.1, -0.05) is 24.3 Å². The summed E-state index contributed by atoms with van der Waals surface area (Å²) in [5, 5.41) is 4.90. The fourth-order valence-electron chi connectivity index (χ4n) is 3.92. The summed E-state index contributed by atoms with van der Waals surface area (Å²) in [6.45, 7) is 2.30. The second-order valence-corrected chi connectivity index (χ2v) is 7.17. The standard InChI is InChI=1S/C20H23N3O3/c1-22-11-14(12-22)23-10-13(9-19(23)24)20(25)21-17-7-8-18(26-2)16-6-4-3-5-15(16)17/h3-8,13-14H,9-12H2,1-2H3,(H,21,25). The minimum atomic E-state index is -0.297. The Balaban J connectivity index is 1.50. The van der Waals surface area contributed by atoms with E-state index in [-0.39, 0.29) is 23.8 Å². The third kappa shape index (κ3) is 2.90. The van der Waals surface area contributed by atoms with Crippen molar-refractivity contribution in [3.05, 3.63) is 36.4 Å². The summed E-state index contributed by atoms with van der Waals surface area (Å²) >= 11 is 0. The van der Waals surface area contributed by atoms with Gasteiger partial charge in [0.1, 0.15) is 5.75 Å². The van der Waals surface area contributed by atoms with Crippen molar-refractivity contribution >= 4 is 28.3 Å². The fraction of sp³-hybridized carbons (Fsp3) is 0.400. The third-order valence-electron chi connectivity index (χ3n) is 5.38. The highest BCUT2D eigenvalue weighted by Gasteiger charge is 2.41. The summed E-state index contributed by atoms with van der Waals surface area (Å²) < 4.78 is 5.40. The van der Waals surface area contributed by atoms with Crippen LogP contribution in [0.3, 0.4) is 0 Å². The molecule has 0 saturated carbocycles. The topological polar surface area (TPSA) is 61.9 Å². The second-order valence-electron chi connectivity index (χ2n) is 7.17. The quantitative estimate of drug-likeness (QED) is 0.913. The van der Waals surface area contributed by atoms with E-state index in [0.717, 1.165) is 35.3 Å². The van der Waals surface area contributed by atoms with Crippen LogP contribution in [0, 0.1) is 5.92 Å². The van der Waals surface area contributed by atoms with Crippen LogP contribution in [0.5, 0.6) is 5.75 Å². The number of likely N-dealkylation sites (tertiary alicyclic amines) is 2. The van der Waals surface area contributed by atoms with Gasteiger partial charge in [-0.25, -0.2) is 0 Å². The smallest absolute Gasteiger partial charge is 0.229 e. The Morgan fingerprint density at radius 2 is 1.85 bits per heavy atom. The van der Waals surface area contributed by atoms with Gasteiger partial charge in [0.2, 0.25) is 11.8 Å². The molecule has 6 nitrogen and oxygen atoms in total. The molecule has 0 bridgehead atoms. The van der Waals surface area contributed by atoms with E-state index in [2.05, 4.69) is 10.2 Å². The summed E-state index contributed by atoms with van der Waals surface area (Å²) in [6.07, 6.45) is 0.292. The van der Waals surface area contributed by atoms with Crippen molar-refractivity contribution in [2.75, 3.05) is 39.1 Å². The summed E-state index contributed by atoms with van der Waals surface area (Å²) in [4.78, 5) is 29.1. The number of ether oxygens (including phenoxy) is 1. The molecule has 136 valence electrons. The van der Waals surface area contributed by atoms with E-state index < -0.39 is 0 Å². The minimum Gasteiger partial charge on any atom is -0.496 e. The van der Waals surface area contributed by atoms with E-state index >= 15 is 0 Å². The van der Waals surface area contributed by atoms with Crippen LogP contribution in [-0.2, 0) is 9.59 Å². The highest BCUT2D eigenvalue weighted by molar-refractivity contribution is 6.06. The Labute approximate surface area is 152 Å². The van der Waals surface area contributed by atoms with Crippen LogP contribution < -0.4 is 10.1 Å². The van der Waals surface area contributed by atoms with Gasteiger partial charge in [0.05, 0.1) is 19.1 Å². The number of hydrogen-bond acceptors (Lipinski definition) is 4. The lowest BCUT2D eigenvalue weighted by Crippen LogP contribution is -2.58. The van der Waals surface area contributed by atoms with Crippen LogP contribution >= 0.6 is 0 Å². The maximum Gasteiger partial charge on any atom is 0.229 e. The Hall–Kier alpha value is -2.60. The maximum atomic E-state index is 12.8. The molecule has 2 aromatic rings. The molecule has 2 amide bonds. The van der Waals surface area contributed by atoms with Crippen molar-refractivity contribution in [2.24, 2.45) is 5.92 Å². The molecule has 2 aromatic carbocycles. The molecule has 0 radical (unpaired) electrons.